The number of benzene rings is 12. The van der Waals surface area contributed by atoms with Gasteiger partial charge in [0.2, 0.25) is 0 Å². The normalized spacial score (nSPS) is 11.1. The third-order valence-electron chi connectivity index (χ3n) is 19.5. The van der Waals surface area contributed by atoms with Crippen molar-refractivity contribution in [2.45, 2.75) is 0 Å². The molecule has 12 heterocycles. The fourth-order valence-corrected chi connectivity index (χ4v) is 15.8. The number of halogens is 9. The Balaban J connectivity index is 0.000000121. The maximum absolute atomic E-state index is 13.5. The Kier molecular flexibility index (Phi) is 26.5. The molecule has 12 aromatic heterocycles. The van der Waals surface area contributed by atoms with E-state index in [1.165, 1.54) is 58.8 Å². The van der Waals surface area contributed by atoms with Crippen LogP contribution >= 0.6 is 62.3 Å². The van der Waals surface area contributed by atoms with Crippen molar-refractivity contribution >= 4 is 226 Å². The van der Waals surface area contributed by atoms with Crippen LogP contribution in [0.3, 0.4) is 0 Å². The average molecular weight is 2750 g/mol. The van der Waals surface area contributed by atoms with E-state index in [9.17, 15) is 17.6 Å². The van der Waals surface area contributed by atoms with Crippen molar-refractivity contribution in [3.05, 3.63) is 359 Å². The second-order valence-electron chi connectivity index (χ2n) is 25.9. The Morgan fingerprint density at radius 2 is 0.479 bits per heavy atom. The van der Waals surface area contributed by atoms with Crippen molar-refractivity contribution < 1.29 is 138 Å². The molecule has 24 aromatic rings. The summed E-state index contributed by atoms with van der Waals surface area (Å²) in [6.07, 6.45) is 22.0. The van der Waals surface area contributed by atoms with Crippen molar-refractivity contribution in [3.8, 4) is 0 Å². The van der Waals surface area contributed by atoms with E-state index in [1.54, 1.807) is 67.4 Å². The van der Waals surface area contributed by atoms with E-state index in [0.717, 1.165) is 130 Å². The molecule has 12 aromatic carbocycles. The number of hydrogen-bond acceptors (Lipinski definition) is 6. The van der Waals surface area contributed by atoms with E-state index in [4.69, 9.17) is 46.4 Å². The van der Waals surface area contributed by atoms with Gasteiger partial charge in [0.05, 0.1) is 33.9 Å². The van der Waals surface area contributed by atoms with E-state index in [2.05, 4.69) is 133 Å². The second kappa shape index (κ2) is 36.0. The summed E-state index contributed by atoms with van der Waals surface area (Å²) >= 11 is 27.8. The minimum absolute atomic E-state index is 0. The molecule has 0 N–H and O–H groups in total. The molecule has 0 aliphatic rings. The molecule has 0 spiro atoms. The molecular weight excluding hydrogens is 2700 g/mol. The molecule has 0 aliphatic heterocycles. The molecular formula is C90H45BrCl4F4Ir6N12-6. The van der Waals surface area contributed by atoms with Crippen molar-refractivity contribution in [3.63, 3.8) is 0 Å². The topological polar surface area (TPSA) is 104 Å². The van der Waals surface area contributed by atoms with Crippen LogP contribution in [0.4, 0.5) is 17.6 Å². The first-order valence-corrected chi connectivity index (χ1v) is 36.8. The summed E-state index contributed by atoms with van der Waals surface area (Å²) < 4.78 is 66.9. The molecule has 0 fully saturated rings. The first kappa shape index (κ1) is 86.0. The predicted octanol–water partition coefficient (Wildman–Crippen LogP) is 24.6. The maximum atomic E-state index is 13.5. The molecule has 6 radical (unpaired) electrons. The zero-order valence-electron chi connectivity index (χ0n) is 59.2. The Morgan fingerprint density at radius 3 is 0.821 bits per heavy atom. The van der Waals surface area contributed by atoms with Gasteiger partial charge in [0, 0.05) is 245 Å². The van der Waals surface area contributed by atoms with Gasteiger partial charge in [-0.05, 0) is 120 Å². The van der Waals surface area contributed by atoms with Gasteiger partial charge in [-0.25, -0.2) is 8.78 Å². The van der Waals surface area contributed by atoms with E-state index in [0.29, 0.717) is 41.9 Å². The quantitative estimate of drug-likeness (QED) is 0.0851. The minimum atomic E-state index is -0.394. The van der Waals surface area contributed by atoms with Gasteiger partial charge in [-0.3, -0.25) is 38.7 Å². The number of pyridine rings is 6. The second-order valence-corrected chi connectivity index (χ2v) is 28.6. The zero-order chi connectivity index (χ0) is 75.3. The predicted molar refractivity (Wildman–Crippen MR) is 442 cm³/mol. The summed E-state index contributed by atoms with van der Waals surface area (Å²) in [4.78, 5) is 26.2. The molecule has 0 saturated heterocycles. The minimum Gasteiger partial charge on any atom is -0.340 e. The van der Waals surface area contributed by atoms with E-state index in [-0.39, 0.29) is 138 Å². The van der Waals surface area contributed by atoms with Crippen molar-refractivity contribution in [1.29, 1.82) is 0 Å². The van der Waals surface area contributed by atoms with Crippen LogP contribution in [-0.2, 0) is 121 Å². The molecule has 0 atom stereocenters. The molecule has 24 rings (SSSR count). The van der Waals surface area contributed by atoms with E-state index in [1.807, 2.05) is 140 Å². The molecule has 12 nitrogen and oxygen atoms in total. The molecule has 0 aliphatic carbocycles. The largest absolute Gasteiger partial charge is 0.340 e. The van der Waals surface area contributed by atoms with Crippen LogP contribution in [0.25, 0.3) is 164 Å². The van der Waals surface area contributed by atoms with Crippen LogP contribution in [0.15, 0.2) is 279 Å². The number of hydrogen-bond donors (Lipinski definition) is 0. The standard InChI is InChI=1S/C15H8BrN2.C15H7Cl2N2.C15H7ClFN2.C15H8ClN2.C15H7F2N2.C15H8FN2.6Ir/c16-10-5-6-12-13(9-10)11-3-1-2-4-14(11)18-8-7-17-15(12)18;2*16-9-1-3-11-12(7-9)13-8-10(17)2-4-14(13)19-6-5-18-15(11)19;16-10-5-6-12-13(9-10)11-3-1-2-4-14(11)18-8-7-17-15(12)18;16-9-1-3-11-12(7-9)13-8-10(17)2-4-14(13)19-6-5-18-15(11)19;16-10-5-6-12-13(9-10)11-3-1-2-4-14(11)18-8-7-17-15(12)18;;;;;;/h1-5,7-9H;2*1-2,4-8H;1-5,7-9H;1-2,4-8H;1-5,7-9H;;;;;;/q6*-1;;;;;;. The Labute approximate surface area is 771 Å². The Hall–Kier alpha value is -8.84. The van der Waals surface area contributed by atoms with Gasteiger partial charge in [-0.1, -0.05) is 114 Å². The van der Waals surface area contributed by atoms with Gasteiger partial charge in [0.1, 0.15) is 11.6 Å². The zero-order valence-corrected chi connectivity index (χ0v) is 78.2. The van der Waals surface area contributed by atoms with Crippen LogP contribution < -0.4 is 0 Å². The third-order valence-corrected chi connectivity index (χ3v) is 20.9. The number of para-hydroxylation sites is 3. The number of aromatic nitrogens is 12. The average Bonchev–Trinajstić information content (AvgIpc) is 1.74. The Bertz CT molecular complexity index is 6980. The van der Waals surface area contributed by atoms with Crippen molar-refractivity contribution in [2.24, 2.45) is 0 Å². The molecule has 0 unspecified atom stereocenters. The first-order valence-electron chi connectivity index (χ1n) is 34.4. The summed E-state index contributed by atoms with van der Waals surface area (Å²) in [6, 6.07) is 78.8. The van der Waals surface area contributed by atoms with Crippen LogP contribution in [0.5, 0.6) is 0 Å². The first-order chi connectivity index (χ1) is 54.2. The van der Waals surface area contributed by atoms with Gasteiger partial charge in [0.25, 0.3) is 0 Å². The summed E-state index contributed by atoms with van der Waals surface area (Å²) in [5.41, 5.74) is 11.1. The van der Waals surface area contributed by atoms with Crippen LogP contribution in [0.1, 0.15) is 0 Å². The third kappa shape index (κ3) is 15.9. The molecule has 117 heavy (non-hydrogen) atoms. The van der Waals surface area contributed by atoms with Crippen LogP contribution in [0.2, 0.25) is 20.1 Å². The summed E-state index contributed by atoms with van der Waals surface area (Å²) in [5.74, 6) is -1.29. The van der Waals surface area contributed by atoms with Crippen LogP contribution in [0, 0.1) is 59.7 Å². The molecule has 27 heteroatoms. The monoisotopic (exact) mass is 2750 g/mol. The molecule has 0 saturated carbocycles. The number of rotatable bonds is 0. The smallest absolute Gasteiger partial charge is 0.123 e. The Morgan fingerprint density at radius 1 is 0.239 bits per heavy atom. The fraction of sp³-hybridized carbons (Fsp3) is 0. The van der Waals surface area contributed by atoms with Gasteiger partial charge in [-0.15, -0.1) is 181 Å². The van der Waals surface area contributed by atoms with Crippen LogP contribution in [-0.4, -0.2) is 56.3 Å². The molecule has 588 valence electrons. The maximum Gasteiger partial charge on any atom is 0.123 e. The van der Waals surface area contributed by atoms with Gasteiger partial charge in [0.15, 0.2) is 0 Å². The summed E-state index contributed by atoms with van der Waals surface area (Å²) in [7, 11) is 0. The van der Waals surface area contributed by atoms with E-state index >= 15 is 0 Å². The number of fused-ring (bicyclic) bond motifs is 36. The van der Waals surface area contributed by atoms with Gasteiger partial charge < -0.3 is 26.4 Å². The number of nitrogens with zero attached hydrogens (tertiary/aromatic N) is 12. The van der Waals surface area contributed by atoms with Crippen molar-refractivity contribution in [1.82, 2.24) is 56.3 Å². The SMILES string of the molecule is Brc1c[c-]c2c(c1)c1ccccc1n1ccnc21.Clc1c[c-]c2c(c1)c1cc(Cl)ccc1n1ccnc21.Clc1c[c-]c2c(c1)c1ccccc1n1ccnc21.Fc1c[c-]c2c(c1)c1cc(F)ccc1n1ccnc21.Fc1c[c-]c2c(c1)c1ccccc1n1ccnc21.Fc1ccc2c(c1)c1cc(Cl)c[c-]c1c1nccn21.[Ir].[Ir].[Ir].[Ir].[Ir].[Ir]. The van der Waals surface area contributed by atoms with Gasteiger partial charge >= 0.3 is 0 Å². The molecule has 0 amide bonds. The summed E-state index contributed by atoms with van der Waals surface area (Å²) in [5, 5.41) is 19.5. The fourth-order valence-electron chi connectivity index (χ4n) is 14.8. The van der Waals surface area contributed by atoms with Crippen molar-refractivity contribution in [2.75, 3.05) is 0 Å². The van der Waals surface area contributed by atoms with E-state index < -0.39 is 5.82 Å². The number of imidazole rings is 6. The molecule has 0 bridgehead atoms. The summed E-state index contributed by atoms with van der Waals surface area (Å²) in [6.45, 7) is 0. The van der Waals surface area contributed by atoms with Gasteiger partial charge in [-0.2, -0.15) is 0 Å².